The van der Waals surface area contributed by atoms with E-state index < -0.39 is 13.0 Å². The second-order valence-electron chi connectivity index (χ2n) is 3.96. The highest BCUT2D eigenvalue weighted by Gasteiger charge is 2.58. The zero-order valence-electron chi connectivity index (χ0n) is 10.4. The molecule has 0 unspecified atom stereocenters. The van der Waals surface area contributed by atoms with E-state index in [4.69, 9.17) is 23.6 Å². The second-order valence-corrected chi connectivity index (χ2v) is 12.4. The van der Waals surface area contributed by atoms with Crippen molar-refractivity contribution in [1.82, 2.24) is 28.7 Å². The molecule has 0 aromatic heterocycles. The quantitative estimate of drug-likeness (QED) is 0.604. The maximum Gasteiger partial charge on any atom is 0.186 e. The van der Waals surface area contributed by atoms with E-state index in [2.05, 4.69) is 28.7 Å². The van der Waals surface area contributed by atoms with E-state index in [-0.39, 0.29) is 0 Å². The molecule has 0 aromatic rings. The lowest BCUT2D eigenvalue weighted by Crippen LogP contribution is -2.64. The smallest absolute Gasteiger partial charge is 0.182 e. The average molecular weight is 300 g/mol. The average Bonchev–Trinajstić information content (AvgIpc) is 2.27. The summed E-state index contributed by atoms with van der Waals surface area (Å²) in [4.78, 5) is 0. The summed E-state index contributed by atoms with van der Waals surface area (Å²) in [5, 5.41) is 0. The minimum atomic E-state index is -1.94. The van der Waals surface area contributed by atoms with Crippen LogP contribution in [-0.2, 0) is 23.6 Å². The van der Waals surface area contributed by atoms with Crippen molar-refractivity contribution in [2.24, 2.45) is 0 Å². The van der Waals surface area contributed by atoms with E-state index in [9.17, 15) is 0 Å². The van der Waals surface area contributed by atoms with Crippen LogP contribution in [0.1, 0.15) is 0 Å². The molecule has 3 heterocycles. The largest absolute Gasteiger partial charge is 0.186 e. The van der Waals surface area contributed by atoms with Crippen molar-refractivity contribution >= 4 is 36.6 Å². The number of rotatable bonds is 0. The van der Waals surface area contributed by atoms with Crippen LogP contribution < -0.4 is 0 Å². The van der Waals surface area contributed by atoms with E-state index in [1.807, 2.05) is 42.3 Å². The molecule has 16 heavy (non-hydrogen) atoms. The summed E-state index contributed by atoms with van der Waals surface area (Å²) in [6.07, 6.45) is 0. The maximum absolute atomic E-state index is 5.88. The Morgan fingerprint density at radius 1 is 0.500 bits per heavy atom. The Bertz CT molecular complexity index is 321. The first-order chi connectivity index (χ1) is 7.20. The first kappa shape index (κ1) is 13.5. The van der Waals surface area contributed by atoms with Crippen molar-refractivity contribution in [3.63, 3.8) is 0 Å². The molecular formula is C6H18N6P2S2. The monoisotopic (exact) mass is 300 g/mol. The molecule has 0 amide bonds. The number of hydrogen-bond acceptors (Lipinski definition) is 2. The molecule has 3 rings (SSSR count). The SMILES string of the molecule is CN1N(C)P2(=S)N(C)N(C)P1(=S)N(C)N2C. The summed E-state index contributed by atoms with van der Waals surface area (Å²) in [6, 6.07) is 0. The molecule has 94 valence electrons. The summed E-state index contributed by atoms with van der Waals surface area (Å²) < 4.78 is 12.9. The topological polar surface area (TPSA) is 19.4 Å². The van der Waals surface area contributed by atoms with Gasteiger partial charge in [0.05, 0.1) is 0 Å². The fourth-order valence-electron chi connectivity index (χ4n) is 2.14. The van der Waals surface area contributed by atoms with Gasteiger partial charge in [-0.05, 0) is 23.6 Å². The van der Waals surface area contributed by atoms with Gasteiger partial charge in [0.15, 0.2) is 13.0 Å². The van der Waals surface area contributed by atoms with Crippen LogP contribution in [0.25, 0.3) is 0 Å². The number of hydrazine groups is 3. The fourth-order valence-corrected chi connectivity index (χ4v) is 11.4. The molecule has 3 saturated heterocycles. The molecule has 10 heteroatoms. The van der Waals surface area contributed by atoms with Gasteiger partial charge in [-0.15, -0.1) is 0 Å². The van der Waals surface area contributed by atoms with Crippen LogP contribution >= 0.6 is 13.0 Å². The molecule has 0 N–H and O–H groups in total. The molecule has 2 bridgehead atoms. The van der Waals surface area contributed by atoms with Crippen LogP contribution in [0, 0.1) is 0 Å². The van der Waals surface area contributed by atoms with Gasteiger partial charge in [-0.25, -0.2) is 0 Å². The van der Waals surface area contributed by atoms with Crippen molar-refractivity contribution in [2.75, 3.05) is 42.3 Å². The third-order valence-corrected chi connectivity index (χ3v) is 14.3. The van der Waals surface area contributed by atoms with E-state index in [0.29, 0.717) is 0 Å². The van der Waals surface area contributed by atoms with Crippen LogP contribution in [0.15, 0.2) is 0 Å². The zero-order chi connectivity index (χ0) is 12.5. The minimum Gasteiger partial charge on any atom is -0.182 e. The highest BCUT2D eigenvalue weighted by molar-refractivity contribution is 8.15. The summed E-state index contributed by atoms with van der Waals surface area (Å²) in [6.45, 7) is -3.88. The van der Waals surface area contributed by atoms with Gasteiger partial charge in [0.2, 0.25) is 0 Å². The Labute approximate surface area is 108 Å². The number of nitrogens with zero attached hydrogens (tertiary/aromatic N) is 6. The minimum absolute atomic E-state index is 1.94. The van der Waals surface area contributed by atoms with Crippen molar-refractivity contribution in [2.45, 2.75) is 0 Å². The van der Waals surface area contributed by atoms with Crippen molar-refractivity contribution < 1.29 is 0 Å². The van der Waals surface area contributed by atoms with Crippen molar-refractivity contribution in [1.29, 1.82) is 0 Å². The predicted molar refractivity (Wildman–Crippen MR) is 75.1 cm³/mol. The van der Waals surface area contributed by atoms with Crippen LogP contribution in [0.2, 0.25) is 0 Å². The lowest BCUT2D eigenvalue weighted by Gasteiger charge is -2.67. The maximum atomic E-state index is 5.88. The molecule has 3 fully saturated rings. The second kappa shape index (κ2) is 3.78. The van der Waals surface area contributed by atoms with Crippen LogP contribution in [0.5, 0.6) is 0 Å². The lowest BCUT2D eigenvalue weighted by atomic mass is 11.3. The molecule has 0 radical (unpaired) electrons. The van der Waals surface area contributed by atoms with Crippen LogP contribution in [-0.4, -0.2) is 71.0 Å². The van der Waals surface area contributed by atoms with E-state index in [1.165, 1.54) is 0 Å². The normalized spacial score (nSPS) is 45.6. The van der Waals surface area contributed by atoms with E-state index in [1.54, 1.807) is 0 Å². The standard InChI is InChI=1S/C6H18N6P2S2/c1-7-8(2)14(16)11(5)9(3)13(7,15)10(4)12(14)6/h1-6H3. The third kappa shape index (κ3) is 1.24. The van der Waals surface area contributed by atoms with Gasteiger partial charge in [-0.1, -0.05) is 0 Å². The first-order valence-corrected chi connectivity index (χ1v) is 10.2. The van der Waals surface area contributed by atoms with Crippen molar-refractivity contribution in [3.8, 4) is 0 Å². The Balaban J connectivity index is 2.67. The Hall–Kier alpha value is 1.06. The molecule has 3 aliphatic rings. The van der Waals surface area contributed by atoms with Crippen LogP contribution in [0.4, 0.5) is 0 Å². The molecule has 0 aliphatic carbocycles. The fraction of sp³-hybridized carbons (Fsp3) is 1.00. The molecule has 3 aliphatic heterocycles. The molecular weight excluding hydrogens is 282 g/mol. The summed E-state index contributed by atoms with van der Waals surface area (Å²) in [5.41, 5.74) is 0. The Morgan fingerprint density at radius 2 is 0.625 bits per heavy atom. The van der Waals surface area contributed by atoms with Gasteiger partial charge in [-0.3, -0.25) is 0 Å². The van der Waals surface area contributed by atoms with Gasteiger partial charge >= 0.3 is 0 Å². The molecule has 0 atom stereocenters. The highest BCUT2D eigenvalue weighted by Crippen LogP contribution is 2.77. The summed E-state index contributed by atoms with van der Waals surface area (Å²) >= 11 is 11.8. The summed E-state index contributed by atoms with van der Waals surface area (Å²) in [5.74, 6) is 0. The van der Waals surface area contributed by atoms with E-state index >= 15 is 0 Å². The Kier molecular flexibility index (Phi) is 3.18. The highest BCUT2D eigenvalue weighted by atomic mass is 32.5. The third-order valence-electron chi connectivity index (χ3n) is 3.52. The predicted octanol–water partition coefficient (Wildman–Crippen LogP) is 0.798. The van der Waals surface area contributed by atoms with Gasteiger partial charge in [0, 0.05) is 42.3 Å². The van der Waals surface area contributed by atoms with Gasteiger partial charge in [-0.2, -0.15) is 28.7 Å². The molecule has 0 aromatic carbocycles. The van der Waals surface area contributed by atoms with Crippen LogP contribution in [0.3, 0.4) is 0 Å². The van der Waals surface area contributed by atoms with Gasteiger partial charge in [0.1, 0.15) is 0 Å². The first-order valence-electron chi connectivity index (χ1n) is 4.85. The molecule has 6 nitrogen and oxygen atoms in total. The van der Waals surface area contributed by atoms with Crippen molar-refractivity contribution in [3.05, 3.63) is 0 Å². The van der Waals surface area contributed by atoms with Gasteiger partial charge < -0.3 is 0 Å². The van der Waals surface area contributed by atoms with E-state index in [0.717, 1.165) is 0 Å². The summed E-state index contributed by atoms with van der Waals surface area (Å²) in [7, 11) is 12.2. The zero-order valence-corrected chi connectivity index (χ0v) is 13.8. The Morgan fingerprint density at radius 3 is 0.750 bits per heavy atom. The lowest BCUT2D eigenvalue weighted by molar-refractivity contribution is 0.0329. The molecule has 0 spiro atoms. The van der Waals surface area contributed by atoms with Gasteiger partial charge in [0.25, 0.3) is 0 Å². The molecule has 0 saturated carbocycles. The number of fused-ring (bicyclic) bond motifs is 3. The number of hydrogen-bond donors (Lipinski definition) is 0.